The number of carbonyl (C=O) groups is 1. The van der Waals surface area contributed by atoms with Crippen LogP contribution in [0.15, 0.2) is 12.8 Å². The number of fused-ring (bicyclic) bond motifs is 5. The first-order valence-corrected chi connectivity index (χ1v) is 13.4. The van der Waals surface area contributed by atoms with E-state index >= 15 is 0 Å². The lowest BCUT2D eigenvalue weighted by atomic mass is 9.44. The topological polar surface area (TPSA) is 55.8 Å². The van der Waals surface area contributed by atoms with E-state index < -0.39 is 5.97 Å². The molecule has 0 bridgehead atoms. The molecule has 0 heterocycles. The van der Waals surface area contributed by atoms with Crippen molar-refractivity contribution in [2.75, 3.05) is 13.2 Å². The molecule has 0 aliphatic heterocycles. The fourth-order valence-corrected chi connectivity index (χ4v) is 9.24. The minimum atomic E-state index is -0.640. The molecule has 4 fully saturated rings. The Morgan fingerprint density at radius 2 is 1.81 bits per heavy atom. The number of ether oxygens (including phenoxy) is 2. The molecule has 4 saturated carbocycles. The summed E-state index contributed by atoms with van der Waals surface area (Å²) >= 11 is 0. The normalized spacial score (nSPS) is 44.1. The summed E-state index contributed by atoms with van der Waals surface area (Å²) in [6.45, 7) is 12.4. The Morgan fingerprint density at radius 1 is 1.06 bits per heavy atom. The molecule has 0 amide bonds. The van der Waals surface area contributed by atoms with E-state index in [1.54, 1.807) is 0 Å². The number of hydrogen-bond acceptors (Lipinski definition) is 3. The maximum Gasteiger partial charge on any atom is 0.303 e. The first-order chi connectivity index (χ1) is 15.3. The Bertz CT molecular complexity index is 676. The molecule has 0 saturated heterocycles. The zero-order valence-electron chi connectivity index (χ0n) is 20.7. The summed E-state index contributed by atoms with van der Waals surface area (Å²) in [5.74, 6) is 4.00. The lowest BCUT2D eigenvalue weighted by Gasteiger charge is -2.61. The van der Waals surface area contributed by atoms with Crippen LogP contribution in [0.1, 0.15) is 91.4 Å². The van der Waals surface area contributed by atoms with Crippen molar-refractivity contribution < 1.29 is 19.4 Å². The van der Waals surface area contributed by atoms with Gasteiger partial charge in [-0.2, -0.15) is 0 Å². The van der Waals surface area contributed by atoms with Gasteiger partial charge in [0.25, 0.3) is 0 Å². The van der Waals surface area contributed by atoms with Crippen LogP contribution in [-0.4, -0.2) is 30.4 Å². The highest BCUT2D eigenvalue weighted by Crippen LogP contribution is 2.68. The van der Waals surface area contributed by atoms with Gasteiger partial charge in [0, 0.05) is 6.42 Å². The monoisotopic (exact) mass is 446 g/mol. The van der Waals surface area contributed by atoms with E-state index in [0.29, 0.717) is 48.4 Å². The summed E-state index contributed by atoms with van der Waals surface area (Å²) in [5.41, 5.74) is 0.905. The first kappa shape index (κ1) is 24.1. The third-order valence-electron chi connectivity index (χ3n) is 10.9. The van der Waals surface area contributed by atoms with Crippen molar-refractivity contribution in [2.24, 2.45) is 46.3 Å². The summed E-state index contributed by atoms with van der Waals surface area (Å²) in [6.07, 6.45) is 15.0. The lowest BCUT2D eigenvalue weighted by molar-refractivity contribution is -0.140. The predicted molar refractivity (Wildman–Crippen MR) is 127 cm³/mol. The molecular formula is C28H46O4. The summed E-state index contributed by atoms with van der Waals surface area (Å²) in [6, 6.07) is 0. The number of carboxylic acids is 1. The van der Waals surface area contributed by atoms with Gasteiger partial charge in [0.05, 0.1) is 19.0 Å². The van der Waals surface area contributed by atoms with Gasteiger partial charge in [-0.3, -0.25) is 4.79 Å². The smallest absolute Gasteiger partial charge is 0.303 e. The maximum atomic E-state index is 11.1. The lowest BCUT2D eigenvalue weighted by Crippen LogP contribution is -2.54. The molecule has 0 aromatic rings. The number of hydrogen-bond donors (Lipinski definition) is 1. The maximum absolute atomic E-state index is 11.1. The highest BCUT2D eigenvalue weighted by atomic mass is 16.5. The van der Waals surface area contributed by atoms with Crippen molar-refractivity contribution in [3.63, 3.8) is 0 Å². The molecule has 4 aliphatic carbocycles. The average molecular weight is 447 g/mol. The van der Waals surface area contributed by atoms with E-state index in [9.17, 15) is 4.79 Å². The molecule has 1 N–H and O–H groups in total. The van der Waals surface area contributed by atoms with E-state index in [1.807, 2.05) is 0 Å². The second-order valence-corrected chi connectivity index (χ2v) is 12.1. The Kier molecular flexibility index (Phi) is 7.29. The van der Waals surface area contributed by atoms with Crippen LogP contribution in [0, 0.1) is 46.3 Å². The minimum Gasteiger partial charge on any atom is -0.499 e. The fourth-order valence-electron chi connectivity index (χ4n) is 9.24. The van der Waals surface area contributed by atoms with E-state index in [0.717, 1.165) is 30.1 Å². The predicted octanol–water partition coefficient (Wildman–Crippen LogP) is 6.69. The van der Waals surface area contributed by atoms with Crippen LogP contribution in [0.4, 0.5) is 0 Å². The zero-order chi connectivity index (χ0) is 22.9. The molecule has 182 valence electrons. The van der Waals surface area contributed by atoms with Crippen molar-refractivity contribution in [1.82, 2.24) is 0 Å². The van der Waals surface area contributed by atoms with Gasteiger partial charge in [0.1, 0.15) is 6.61 Å². The molecule has 0 unspecified atom stereocenters. The third-order valence-corrected chi connectivity index (χ3v) is 10.9. The second kappa shape index (κ2) is 9.68. The van der Waals surface area contributed by atoms with Gasteiger partial charge < -0.3 is 14.6 Å². The first-order valence-electron chi connectivity index (χ1n) is 13.4. The Hall–Kier alpha value is -1.03. The van der Waals surface area contributed by atoms with Crippen molar-refractivity contribution >= 4 is 5.97 Å². The molecule has 0 aromatic carbocycles. The van der Waals surface area contributed by atoms with Gasteiger partial charge in [-0.25, -0.2) is 0 Å². The van der Waals surface area contributed by atoms with Gasteiger partial charge in [-0.15, -0.1) is 0 Å². The minimum absolute atomic E-state index is 0.327. The van der Waals surface area contributed by atoms with Crippen LogP contribution in [-0.2, 0) is 14.3 Å². The average Bonchev–Trinajstić information content (AvgIpc) is 3.12. The highest BCUT2D eigenvalue weighted by molar-refractivity contribution is 5.66. The molecular weight excluding hydrogens is 400 g/mol. The quantitative estimate of drug-likeness (QED) is 0.316. The fraction of sp³-hybridized carbons (Fsp3) is 0.893. The number of rotatable bonds is 9. The molecule has 4 rings (SSSR count). The Balaban J connectivity index is 1.40. The van der Waals surface area contributed by atoms with Crippen LogP contribution in [0.2, 0.25) is 0 Å². The van der Waals surface area contributed by atoms with Gasteiger partial charge in [-0.05, 0) is 111 Å². The SMILES string of the molecule is C=COCCO[C@@H]1CC[C@@]2(C)[C@H](CC[C@@H]3[C@@H]2CC[C@]2(C)[C@@H]([C@H](C)CCC(=O)O)CC[C@@H]32)C1. The van der Waals surface area contributed by atoms with Crippen LogP contribution in [0.25, 0.3) is 0 Å². The van der Waals surface area contributed by atoms with Crippen LogP contribution >= 0.6 is 0 Å². The van der Waals surface area contributed by atoms with Crippen molar-refractivity contribution in [3.05, 3.63) is 12.8 Å². The zero-order valence-corrected chi connectivity index (χ0v) is 20.7. The van der Waals surface area contributed by atoms with Crippen molar-refractivity contribution in [3.8, 4) is 0 Å². The largest absolute Gasteiger partial charge is 0.499 e. The van der Waals surface area contributed by atoms with Gasteiger partial charge in [0.15, 0.2) is 0 Å². The van der Waals surface area contributed by atoms with Crippen molar-refractivity contribution in [2.45, 2.75) is 97.5 Å². The van der Waals surface area contributed by atoms with E-state index in [4.69, 9.17) is 14.6 Å². The molecule has 0 aromatic heterocycles. The second-order valence-electron chi connectivity index (χ2n) is 12.1. The molecule has 4 heteroatoms. The Labute approximate surface area is 195 Å². The van der Waals surface area contributed by atoms with Crippen LogP contribution < -0.4 is 0 Å². The molecule has 32 heavy (non-hydrogen) atoms. The van der Waals surface area contributed by atoms with Gasteiger partial charge in [-0.1, -0.05) is 27.4 Å². The number of carboxylic acid groups (broad SMARTS) is 1. The van der Waals surface area contributed by atoms with E-state index in [1.165, 1.54) is 64.0 Å². The summed E-state index contributed by atoms with van der Waals surface area (Å²) in [4.78, 5) is 11.1. The van der Waals surface area contributed by atoms with Crippen LogP contribution in [0.5, 0.6) is 0 Å². The van der Waals surface area contributed by atoms with Gasteiger partial charge >= 0.3 is 5.97 Å². The van der Waals surface area contributed by atoms with Gasteiger partial charge in [0.2, 0.25) is 0 Å². The molecule has 4 nitrogen and oxygen atoms in total. The summed E-state index contributed by atoms with van der Waals surface area (Å²) in [5, 5.41) is 9.17. The summed E-state index contributed by atoms with van der Waals surface area (Å²) in [7, 11) is 0. The standard InChI is InChI=1S/C28H46O4/c1-5-31-16-17-32-21-12-14-27(3)20(18-21)7-8-22-24-10-9-23(19(2)6-11-26(29)30)28(24,4)15-13-25(22)27/h5,19-25H,1,6-18H2,2-4H3,(H,29,30)/t19-,20-,21-,22+,23-,24+,25+,27+,28-/m1/s1. The third kappa shape index (κ3) is 4.38. The highest BCUT2D eigenvalue weighted by Gasteiger charge is 2.60. The molecule has 4 aliphatic rings. The number of aliphatic carboxylic acids is 1. The molecule has 0 spiro atoms. The van der Waals surface area contributed by atoms with Crippen molar-refractivity contribution in [1.29, 1.82) is 0 Å². The molecule has 0 radical (unpaired) electrons. The summed E-state index contributed by atoms with van der Waals surface area (Å²) < 4.78 is 11.4. The van der Waals surface area contributed by atoms with Crippen LogP contribution in [0.3, 0.4) is 0 Å². The Morgan fingerprint density at radius 3 is 2.56 bits per heavy atom. The van der Waals surface area contributed by atoms with E-state index in [-0.39, 0.29) is 0 Å². The van der Waals surface area contributed by atoms with E-state index in [2.05, 4.69) is 27.4 Å². The molecule has 9 atom stereocenters.